The van der Waals surface area contributed by atoms with E-state index in [2.05, 4.69) is 10.6 Å². The van der Waals surface area contributed by atoms with E-state index in [1.807, 2.05) is 36.0 Å². The molecule has 2 saturated heterocycles. The third-order valence-electron chi connectivity index (χ3n) is 4.03. The quantitative estimate of drug-likeness (QED) is 0.835. The molecule has 2 fully saturated rings. The Labute approximate surface area is 141 Å². The van der Waals surface area contributed by atoms with Crippen LogP contribution in [0.25, 0.3) is 0 Å². The predicted octanol–water partition coefficient (Wildman–Crippen LogP) is 2.28. The van der Waals surface area contributed by atoms with Crippen LogP contribution in [-0.2, 0) is 9.53 Å². The van der Waals surface area contributed by atoms with Crippen molar-refractivity contribution >= 4 is 23.4 Å². The summed E-state index contributed by atoms with van der Waals surface area (Å²) >= 11 is 1.90. The van der Waals surface area contributed by atoms with Gasteiger partial charge in [-0.3, -0.25) is 4.79 Å². The standard InChI is InChI=1S/C17H24N2O3S/c20-17(10-14-12-23-9-7-18-14)19-13-3-5-15(6-4-13)22-11-16-2-1-8-21-16/h3-6,14,16,18H,1-2,7-12H2,(H,19,20). The highest BCUT2D eigenvalue weighted by molar-refractivity contribution is 7.99. The summed E-state index contributed by atoms with van der Waals surface area (Å²) in [5, 5.41) is 6.32. The minimum atomic E-state index is 0.0537. The highest BCUT2D eigenvalue weighted by Crippen LogP contribution is 2.19. The summed E-state index contributed by atoms with van der Waals surface area (Å²) in [6.07, 6.45) is 2.93. The maximum Gasteiger partial charge on any atom is 0.225 e. The highest BCUT2D eigenvalue weighted by Gasteiger charge is 2.17. The first kappa shape index (κ1) is 16.6. The number of nitrogens with one attached hydrogen (secondary N) is 2. The predicted molar refractivity (Wildman–Crippen MR) is 93.3 cm³/mol. The summed E-state index contributed by atoms with van der Waals surface area (Å²) in [7, 11) is 0. The molecule has 0 aromatic heterocycles. The van der Waals surface area contributed by atoms with Crippen molar-refractivity contribution in [2.75, 3.05) is 36.6 Å². The summed E-state index contributed by atoms with van der Waals surface area (Å²) in [5.74, 6) is 3.00. The van der Waals surface area contributed by atoms with E-state index in [1.54, 1.807) is 0 Å². The van der Waals surface area contributed by atoms with Gasteiger partial charge in [-0.1, -0.05) is 0 Å². The molecule has 1 aromatic carbocycles. The second kappa shape index (κ2) is 8.57. The summed E-state index contributed by atoms with van der Waals surface area (Å²) in [4.78, 5) is 12.1. The molecule has 0 aliphatic carbocycles. The second-order valence-corrected chi connectivity index (χ2v) is 7.10. The number of rotatable bonds is 6. The maximum atomic E-state index is 12.1. The van der Waals surface area contributed by atoms with Gasteiger partial charge in [0.25, 0.3) is 0 Å². The number of hydrogen-bond acceptors (Lipinski definition) is 5. The van der Waals surface area contributed by atoms with Crippen molar-refractivity contribution in [3.63, 3.8) is 0 Å². The van der Waals surface area contributed by atoms with Crippen molar-refractivity contribution in [1.29, 1.82) is 0 Å². The number of carbonyl (C=O) groups excluding carboxylic acids is 1. The molecule has 2 aliphatic heterocycles. The van der Waals surface area contributed by atoms with Gasteiger partial charge in [0.15, 0.2) is 0 Å². The Morgan fingerprint density at radius 3 is 2.96 bits per heavy atom. The third kappa shape index (κ3) is 5.41. The first-order chi connectivity index (χ1) is 11.3. The van der Waals surface area contributed by atoms with Crippen molar-refractivity contribution in [3.05, 3.63) is 24.3 Å². The molecule has 126 valence electrons. The van der Waals surface area contributed by atoms with E-state index in [0.717, 1.165) is 48.9 Å². The van der Waals surface area contributed by atoms with Crippen LogP contribution in [0.3, 0.4) is 0 Å². The lowest BCUT2D eigenvalue weighted by Gasteiger charge is -2.22. The molecule has 0 spiro atoms. The number of hydrogen-bond donors (Lipinski definition) is 2. The van der Waals surface area contributed by atoms with Crippen LogP contribution in [0.15, 0.2) is 24.3 Å². The largest absolute Gasteiger partial charge is 0.491 e. The topological polar surface area (TPSA) is 59.6 Å². The minimum absolute atomic E-state index is 0.0537. The molecule has 23 heavy (non-hydrogen) atoms. The van der Waals surface area contributed by atoms with Crippen molar-refractivity contribution < 1.29 is 14.3 Å². The SMILES string of the molecule is O=C(CC1CSCCN1)Nc1ccc(OCC2CCCO2)cc1. The van der Waals surface area contributed by atoms with Gasteiger partial charge < -0.3 is 20.1 Å². The normalized spacial score (nSPS) is 24.3. The van der Waals surface area contributed by atoms with E-state index in [1.165, 1.54) is 0 Å². The fourth-order valence-corrected chi connectivity index (χ4v) is 3.74. The maximum absolute atomic E-state index is 12.1. The van der Waals surface area contributed by atoms with Crippen molar-refractivity contribution in [1.82, 2.24) is 5.32 Å². The number of amides is 1. The van der Waals surface area contributed by atoms with Gasteiger partial charge in [0.2, 0.25) is 5.91 Å². The average molecular weight is 336 g/mol. The highest BCUT2D eigenvalue weighted by atomic mass is 32.2. The Balaban J connectivity index is 1.42. The summed E-state index contributed by atoms with van der Waals surface area (Å²) in [6, 6.07) is 7.82. The van der Waals surface area contributed by atoms with Crippen LogP contribution in [0.5, 0.6) is 5.75 Å². The molecule has 1 aromatic rings. The Kier molecular flexibility index (Phi) is 6.19. The lowest BCUT2D eigenvalue weighted by molar-refractivity contribution is -0.116. The van der Waals surface area contributed by atoms with Crippen LogP contribution in [-0.4, -0.2) is 49.3 Å². The Morgan fingerprint density at radius 2 is 2.26 bits per heavy atom. The summed E-state index contributed by atoms with van der Waals surface area (Å²) in [6.45, 7) is 2.42. The van der Waals surface area contributed by atoms with Gasteiger partial charge in [-0.2, -0.15) is 11.8 Å². The fourth-order valence-electron chi connectivity index (χ4n) is 2.79. The van der Waals surface area contributed by atoms with Crippen LogP contribution < -0.4 is 15.4 Å². The molecule has 5 nitrogen and oxygen atoms in total. The Bertz CT molecular complexity index is 497. The molecule has 0 saturated carbocycles. The van der Waals surface area contributed by atoms with Gasteiger partial charge in [0.05, 0.1) is 6.10 Å². The zero-order valence-corrected chi connectivity index (χ0v) is 14.1. The zero-order chi connectivity index (χ0) is 15.9. The Hall–Kier alpha value is -1.24. The van der Waals surface area contributed by atoms with Gasteiger partial charge in [-0.15, -0.1) is 0 Å². The minimum Gasteiger partial charge on any atom is -0.491 e. The van der Waals surface area contributed by atoms with Gasteiger partial charge in [0.1, 0.15) is 12.4 Å². The molecule has 2 N–H and O–H groups in total. The molecule has 6 heteroatoms. The van der Waals surface area contributed by atoms with Crippen LogP contribution in [0, 0.1) is 0 Å². The molecule has 1 amide bonds. The van der Waals surface area contributed by atoms with Gasteiger partial charge in [0, 0.05) is 42.8 Å². The van der Waals surface area contributed by atoms with E-state index in [4.69, 9.17) is 9.47 Å². The van der Waals surface area contributed by atoms with Crippen molar-refractivity contribution in [2.24, 2.45) is 0 Å². The van der Waals surface area contributed by atoms with Crippen LogP contribution in [0.1, 0.15) is 19.3 Å². The van der Waals surface area contributed by atoms with Gasteiger partial charge >= 0.3 is 0 Å². The first-order valence-electron chi connectivity index (χ1n) is 8.25. The van der Waals surface area contributed by atoms with E-state index in [9.17, 15) is 4.79 Å². The molecule has 2 unspecified atom stereocenters. The number of carbonyl (C=O) groups is 1. The van der Waals surface area contributed by atoms with E-state index < -0.39 is 0 Å². The molecular formula is C17H24N2O3S. The molecule has 2 aliphatic rings. The van der Waals surface area contributed by atoms with Crippen LogP contribution in [0.2, 0.25) is 0 Å². The first-order valence-corrected chi connectivity index (χ1v) is 9.40. The number of ether oxygens (including phenoxy) is 2. The monoisotopic (exact) mass is 336 g/mol. The van der Waals surface area contributed by atoms with E-state index in [-0.39, 0.29) is 18.1 Å². The fraction of sp³-hybridized carbons (Fsp3) is 0.588. The molecule has 0 radical (unpaired) electrons. The van der Waals surface area contributed by atoms with E-state index in [0.29, 0.717) is 13.0 Å². The summed E-state index contributed by atoms with van der Waals surface area (Å²) < 4.78 is 11.3. The molecule has 3 rings (SSSR count). The molecule has 0 bridgehead atoms. The third-order valence-corrected chi connectivity index (χ3v) is 5.16. The Morgan fingerprint density at radius 1 is 1.39 bits per heavy atom. The zero-order valence-electron chi connectivity index (χ0n) is 13.3. The molecular weight excluding hydrogens is 312 g/mol. The molecule has 2 atom stereocenters. The van der Waals surface area contributed by atoms with E-state index >= 15 is 0 Å². The number of benzene rings is 1. The van der Waals surface area contributed by atoms with Crippen LogP contribution >= 0.6 is 11.8 Å². The van der Waals surface area contributed by atoms with Gasteiger partial charge in [-0.05, 0) is 37.1 Å². The number of thioether (sulfide) groups is 1. The lowest BCUT2D eigenvalue weighted by atomic mass is 10.2. The van der Waals surface area contributed by atoms with Crippen molar-refractivity contribution in [3.8, 4) is 5.75 Å². The van der Waals surface area contributed by atoms with Crippen molar-refractivity contribution in [2.45, 2.75) is 31.4 Å². The molecule has 2 heterocycles. The number of anilines is 1. The van der Waals surface area contributed by atoms with Gasteiger partial charge in [-0.25, -0.2) is 0 Å². The summed E-state index contributed by atoms with van der Waals surface area (Å²) in [5.41, 5.74) is 0.808. The second-order valence-electron chi connectivity index (χ2n) is 5.95. The average Bonchev–Trinajstić information content (AvgIpc) is 3.08. The smallest absolute Gasteiger partial charge is 0.225 e. The lowest BCUT2D eigenvalue weighted by Crippen LogP contribution is -2.39. The van der Waals surface area contributed by atoms with Crippen LogP contribution in [0.4, 0.5) is 5.69 Å².